The standard InChI is InChI=1S/C22H21NO3/c1-14-12-21(2,3)23-19-16(14)10-7-11-17(19)22(26,20(23)25)13-18(24)15-8-5-4-6-9-15/h4-12,26H,13H2,1-3H3. The third-order valence-electron chi connectivity index (χ3n) is 5.35. The molecule has 0 aliphatic carbocycles. The molecule has 132 valence electrons. The second kappa shape index (κ2) is 5.39. The lowest BCUT2D eigenvalue weighted by Crippen LogP contribution is -2.51. The number of hydrogen-bond donors (Lipinski definition) is 1. The van der Waals surface area contributed by atoms with Crippen LogP contribution in [-0.4, -0.2) is 22.3 Å². The highest BCUT2D eigenvalue weighted by molar-refractivity contribution is 6.14. The first-order chi connectivity index (χ1) is 12.3. The van der Waals surface area contributed by atoms with Crippen molar-refractivity contribution < 1.29 is 14.7 Å². The lowest BCUT2D eigenvalue weighted by atomic mass is 9.86. The molecule has 0 radical (unpaired) electrons. The number of rotatable bonds is 3. The highest BCUT2D eigenvalue weighted by atomic mass is 16.3. The normalized spacial score (nSPS) is 22.8. The molecule has 0 aromatic heterocycles. The van der Waals surface area contributed by atoms with Crippen LogP contribution in [0.2, 0.25) is 0 Å². The van der Waals surface area contributed by atoms with Crippen LogP contribution in [0.4, 0.5) is 5.69 Å². The molecule has 0 saturated carbocycles. The first-order valence-electron chi connectivity index (χ1n) is 8.74. The van der Waals surface area contributed by atoms with Crippen molar-refractivity contribution in [1.82, 2.24) is 0 Å². The van der Waals surface area contributed by atoms with Crippen molar-refractivity contribution in [3.63, 3.8) is 0 Å². The molecule has 26 heavy (non-hydrogen) atoms. The maximum Gasteiger partial charge on any atom is 0.264 e. The quantitative estimate of drug-likeness (QED) is 0.862. The van der Waals surface area contributed by atoms with Crippen LogP contribution in [0.25, 0.3) is 5.57 Å². The molecule has 0 saturated heterocycles. The van der Waals surface area contributed by atoms with Gasteiger partial charge in [0.2, 0.25) is 0 Å². The third kappa shape index (κ3) is 2.19. The number of ketones is 1. The number of aliphatic hydroxyl groups is 1. The van der Waals surface area contributed by atoms with E-state index >= 15 is 0 Å². The molecular weight excluding hydrogens is 326 g/mol. The summed E-state index contributed by atoms with van der Waals surface area (Å²) < 4.78 is 0. The Labute approximate surface area is 152 Å². The molecule has 0 spiro atoms. The van der Waals surface area contributed by atoms with Crippen LogP contribution < -0.4 is 4.90 Å². The highest BCUT2D eigenvalue weighted by Gasteiger charge is 2.56. The van der Waals surface area contributed by atoms with Crippen molar-refractivity contribution in [3.05, 3.63) is 71.3 Å². The van der Waals surface area contributed by atoms with E-state index in [0.29, 0.717) is 11.1 Å². The lowest BCUT2D eigenvalue weighted by molar-refractivity contribution is -0.136. The fourth-order valence-corrected chi connectivity index (χ4v) is 4.19. The van der Waals surface area contributed by atoms with Crippen molar-refractivity contribution >= 4 is 23.0 Å². The molecule has 1 N–H and O–H groups in total. The Bertz CT molecular complexity index is 959. The Balaban J connectivity index is 1.84. The number of nitrogens with zero attached hydrogens (tertiary/aromatic N) is 1. The monoisotopic (exact) mass is 347 g/mol. The Morgan fingerprint density at radius 1 is 1.08 bits per heavy atom. The maximum atomic E-state index is 13.3. The minimum absolute atomic E-state index is 0.249. The number of benzene rings is 2. The van der Waals surface area contributed by atoms with Crippen molar-refractivity contribution in [2.45, 2.75) is 38.3 Å². The smallest absolute Gasteiger partial charge is 0.264 e. The van der Waals surface area contributed by atoms with E-state index in [0.717, 1.165) is 16.8 Å². The van der Waals surface area contributed by atoms with Gasteiger partial charge in [0, 0.05) is 16.7 Å². The Morgan fingerprint density at radius 2 is 1.77 bits per heavy atom. The molecule has 1 atom stereocenters. The second-order valence-electron chi connectivity index (χ2n) is 7.65. The van der Waals surface area contributed by atoms with Gasteiger partial charge in [0.15, 0.2) is 11.4 Å². The van der Waals surface area contributed by atoms with E-state index in [4.69, 9.17) is 0 Å². The summed E-state index contributed by atoms with van der Waals surface area (Å²) in [5.41, 5.74) is 1.33. The number of carbonyl (C=O) groups excluding carboxylic acids is 2. The van der Waals surface area contributed by atoms with Gasteiger partial charge in [-0.3, -0.25) is 14.5 Å². The minimum atomic E-state index is -1.84. The van der Waals surface area contributed by atoms with Gasteiger partial charge in [-0.25, -0.2) is 0 Å². The molecule has 1 unspecified atom stereocenters. The van der Waals surface area contributed by atoms with Gasteiger partial charge in [0.05, 0.1) is 17.6 Å². The van der Waals surface area contributed by atoms with Crippen molar-refractivity contribution in [2.75, 3.05) is 4.90 Å². The van der Waals surface area contributed by atoms with Crippen molar-refractivity contribution in [2.24, 2.45) is 0 Å². The van der Waals surface area contributed by atoms with Crippen LogP contribution in [0.3, 0.4) is 0 Å². The molecule has 2 aromatic carbocycles. The Morgan fingerprint density at radius 3 is 2.46 bits per heavy atom. The van der Waals surface area contributed by atoms with Crippen LogP contribution in [0.1, 0.15) is 48.7 Å². The number of para-hydroxylation sites is 1. The molecule has 1 amide bonds. The summed E-state index contributed by atoms with van der Waals surface area (Å²) in [6.45, 7) is 5.89. The highest BCUT2D eigenvalue weighted by Crippen LogP contribution is 2.51. The van der Waals surface area contributed by atoms with Gasteiger partial charge in [0.25, 0.3) is 5.91 Å². The molecule has 4 nitrogen and oxygen atoms in total. The zero-order chi connectivity index (χ0) is 18.7. The lowest BCUT2D eigenvalue weighted by Gasteiger charge is -2.39. The first-order valence-corrected chi connectivity index (χ1v) is 8.74. The van der Waals surface area contributed by atoms with Gasteiger partial charge >= 0.3 is 0 Å². The number of carbonyl (C=O) groups is 2. The molecule has 2 heterocycles. The SMILES string of the molecule is CC1=CC(C)(C)N2C(=O)C(O)(CC(=O)c3ccccc3)c3cccc1c32. The maximum absolute atomic E-state index is 13.3. The average Bonchev–Trinajstić information content (AvgIpc) is 2.83. The largest absolute Gasteiger partial charge is 0.375 e. The Kier molecular flexibility index (Phi) is 3.47. The van der Waals surface area contributed by atoms with Gasteiger partial charge in [-0.15, -0.1) is 0 Å². The molecule has 2 aromatic rings. The minimum Gasteiger partial charge on any atom is -0.375 e. The van der Waals surface area contributed by atoms with Gasteiger partial charge in [0.1, 0.15) is 0 Å². The van der Waals surface area contributed by atoms with Crippen LogP contribution in [0.5, 0.6) is 0 Å². The molecule has 0 fully saturated rings. The number of anilines is 1. The van der Waals surface area contributed by atoms with Crippen LogP contribution >= 0.6 is 0 Å². The summed E-state index contributed by atoms with van der Waals surface area (Å²) in [6, 6.07) is 14.3. The van der Waals surface area contributed by atoms with E-state index in [2.05, 4.69) is 0 Å². The summed E-state index contributed by atoms with van der Waals surface area (Å²) in [5.74, 6) is -0.681. The summed E-state index contributed by atoms with van der Waals surface area (Å²) in [4.78, 5) is 27.7. The topological polar surface area (TPSA) is 57.6 Å². The van der Waals surface area contributed by atoms with Crippen LogP contribution in [-0.2, 0) is 10.4 Å². The number of hydrogen-bond acceptors (Lipinski definition) is 3. The molecule has 2 aliphatic rings. The van der Waals surface area contributed by atoms with Crippen molar-refractivity contribution in [3.8, 4) is 0 Å². The molecule has 4 rings (SSSR count). The van der Waals surface area contributed by atoms with Gasteiger partial charge in [-0.05, 0) is 26.3 Å². The van der Waals surface area contributed by atoms with E-state index in [1.165, 1.54) is 0 Å². The van der Waals surface area contributed by atoms with Gasteiger partial charge in [-0.1, -0.05) is 54.6 Å². The number of Topliss-reactive ketones (excluding diaryl/α,β-unsaturated/α-hetero) is 1. The predicted molar refractivity (Wildman–Crippen MR) is 101 cm³/mol. The summed E-state index contributed by atoms with van der Waals surface area (Å²) in [5, 5.41) is 11.4. The van der Waals surface area contributed by atoms with E-state index in [9.17, 15) is 14.7 Å². The number of allylic oxidation sites excluding steroid dienone is 1. The average molecular weight is 347 g/mol. The zero-order valence-corrected chi connectivity index (χ0v) is 15.1. The van der Waals surface area contributed by atoms with Gasteiger partial charge < -0.3 is 5.11 Å². The van der Waals surface area contributed by atoms with Gasteiger partial charge in [-0.2, -0.15) is 0 Å². The summed E-state index contributed by atoms with van der Waals surface area (Å²) in [7, 11) is 0. The molecular formula is C22H21NO3. The summed E-state index contributed by atoms with van der Waals surface area (Å²) >= 11 is 0. The molecule has 0 bridgehead atoms. The fraction of sp³-hybridized carbons (Fsp3) is 0.273. The van der Waals surface area contributed by atoms with E-state index < -0.39 is 17.0 Å². The van der Waals surface area contributed by atoms with E-state index in [-0.39, 0.29) is 12.2 Å². The van der Waals surface area contributed by atoms with Crippen LogP contribution in [0, 0.1) is 0 Å². The number of amides is 1. The van der Waals surface area contributed by atoms with E-state index in [1.807, 2.05) is 45.0 Å². The third-order valence-corrected chi connectivity index (χ3v) is 5.35. The van der Waals surface area contributed by atoms with E-state index in [1.54, 1.807) is 35.2 Å². The predicted octanol–water partition coefficient (Wildman–Crippen LogP) is 3.69. The Hall–Kier alpha value is -2.72. The van der Waals surface area contributed by atoms with Crippen LogP contribution in [0.15, 0.2) is 54.6 Å². The van der Waals surface area contributed by atoms with Crippen molar-refractivity contribution in [1.29, 1.82) is 0 Å². The molecule has 4 heteroatoms. The second-order valence-corrected chi connectivity index (χ2v) is 7.65. The molecule has 2 aliphatic heterocycles. The zero-order valence-electron chi connectivity index (χ0n) is 15.1. The summed E-state index contributed by atoms with van der Waals surface area (Å²) in [6.07, 6.45) is 1.76. The fourth-order valence-electron chi connectivity index (χ4n) is 4.19. The first kappa shape index (κ1) is 16.7.